The predicted molar refractivity (Wildman–Crippen MR) is 65.6 cm³/mol. The predicted octanol–water partition coefficient (Wildman–Crippen LogP) is 2.08. The van der Waals surface area contributed by atoms with Crippen molar-refractivity contribution in [2.45, 2.75) is 32.6 Å². The highest BCUT2D eigenvalue weighted by molar-refractivity contribution is 5.95. The molecular weight excluding hydrogens is 200 g/mol. The fourth-order valence-corrected chi connectivity index (χ4v) is 2.33. The first-order valence-electron chi connectivity index (χ1n) is 5.73. The summed E-state index contributed by atoms with van der Waals surface area (Å²) in [6, 6.07) is 4.24. The second-order valence-electron chi connectivity index (χ2n) is 4.50. The molecule has 1 unspecified atom stereocenters. The Balaban J connectivity index is 2.47. The van der Waals surface area contributed by atoms with Gasteiger partial charge in [0.2, 0.25) is 5.91 Å². The molecule has 86 valence electrons. The highest BCUT2D eigenvalue weighted by Crippen LogP contribution is 2.37. The molecule has 0 saturated carbocycles. The fraction of sp³-hybridized carbons (Fsp3) is 0.462. The van der Waals surface area contributed by atoms with Gasteiger partial charge in [0.15, 0.2) is 0 Å². The molecule has 3 nitrogen and oxygen atoms in total. The summed E-state index contributed by atoms with van der Waals surface area (Å²) in [5, 5.41) is 2.98. The maximum absolute atomic E-state index is 11.6. The zero-order chi connectivity index (χ0) is 11.7. The van der Waals surface area contributed by atoms with E-state index in [1.54, 1.807) is 0 Å². The third-order valence-corrected chi connectivity index (χ3v) is 3.42. The number of carbonyl (C=O) groups excluding carboxylic acids is 1. The van der Waals surface area contributed by atoms with Gasteiger partial charge in [-0.1, -0.05) is 12.1 Å². The van der Waals surface area contributed by atoms with E-state index in [2.05, 4.69) is 31.3 Å². The van der Waals surface area contributed by atoms with E-state index in [9.17, 15) is 4.79 Å². The Morgan fingerprint density at radius 2 is 2.19 bits per heavy atom. The van der Waals surface area contributed by atoms with Gasteiger partial charge in [0.25, 0.3) is 0 Å². The molecular formula is C13H18N2O. The molecule has 3 N–H and O–H groups in total. The first-order valence-corrected chi connectivity index (χ1v) is 5.73. The molecule has 1 amide bonds. The number of hydrogen-bond donors (Lipinski definition) is 2. The second kappa shape index (κ2) is 4.26. The van der Waals surface area contributed by atoms with Crippen LogP contribution in [-0.4, -0.2) is 12.5 Å². The summed E-state index contributed by atoms with van der Waals surface area (Å²) >= 11 is 0. The third kappa shape index (κ3) is 1.83. The Morgan fingerprint density at radius 3 is 2.88 bits per heavy atom. The summed E-state index contributed by atoms with van der Waals surface area (Å²) in [5.74, 6) is 0.396. The number of anilines is 1. The fourth-order valence-electron chi connectivity index (χ4n) is 2.33. The molecule has 1 aromatic rings. The van der Waals surface area contributed by atoms with Crippen LogP contribution in [0.3, 0.4) is 0 Å². The van der Waals surface area contributed by atoms with Gasteiger partial charge in [-0.15, -0.1) is 0 Å². The number of fused-ring (bicyclic) bond motifs is 1. The molecule has 0 aliphatic carbocycles. The Labute approximate surface area is 96.0 Å². The van der Waals surface area contributed by atoms with Gasteiger partial charge >= 0.3 is 0 Å². The molecule has 0 aromatic heterocycles. The lowest BCUT2D eigenvalue weighted by molar-refractivity contribution is -0.116. The molecule has 0 bridgehead atoms. The van der Waals surface area contributed by atoms with Crippen LogP contribution >= 0.6 is 0 Å². The van der Waals surface area contributed by atoms with Crippen LogP contribution in [0.15, 0.2) is 12.1 Å². The van der Waals surface area contributed by atoms with Gasteiger partial charge in [0.05, 0.1) is 0 Å². The number of carbonyl (C=O) groups is 1. The van der Waals surface area contributed by atoms with E-state index < -0.39 is 0 Å². The quantitative estimate of drug-likeness (QED) is 0.798. The zero-order valence-electron chi connectivity index (χ0n) is 9.84. The number of amides is 1. The molecule has 1 aliphatic heterocycles. The number of nitrogens with two attached hydrogens (primary N) is 1. The van der Waals surface area contributed by atoms with Crippen molar-refractivity contribution < 1.29 is 4.79 Å². The molecule has 1 aliphatic rings. The van der Waals surface area contributed by atoms with Crippen LogP contribution in [0, 0.1) is 13.8 Å². The molecule has 0 saturated heterocycles. The molecule has 0 radical (unpaired) electrons. The van der Waals surface area contributed by atoms with Crippen molar-refractivity contribution in [1.82, 2.24) is 0 Å². The van der Waals surface area contributed by atoms with Crippen molar-refractivity contribution in [2.24, 2.45) is 5.73 Å². The lowest BCUT2D eigenvalue weighted by Crippen LogP contribution is -2.25. The molecule has 1 heterocycles. The van der Waals surface area contributed by atoms with Gasteiger partial charge < -0.3 is 11.1 Å². The zero-order valence-corrected chi connectivity index (χ0v) is 9.84. The smallest absolute Gasteiger partial charge is 0.225 e. The van der Waals surface area contributed by atoms with E-state index >= 15 is 0 Å². The number of aryl methyl sites for hydroxylation is 1. The Kier molecular flexibility index (Phi) is 2.97. The van der Waals surface area contributed by atoms with Crippen molar-refractivity contribution in [3.05, 3.63) is 28.8 Å². The van der Waals surface area contributed by atoms with Crippen LogP contribution in [0.25, 0.3) is 0 Å². The Bertz CT molecular complexity index is 426. The average Bonchev–Trinajstić information content (AvgIpc) is 2.24. The van der Waals surface area contributed by atoms with E-state index in [0.29, 0.717) is 13.0 Å². The lowest BCUT2D eigenvalue weighted by Gasteiger charge is -2.27. The monoisotopic (exact) mass is 218 g/mol. The highest BCUT2D eigenvalue weighted by atomic mass is 16.1. The maximum atomic E-state index is 11.6. The van der Waals surface area contributed by atoms with Crippen molar-refractivity contribution in [2.75, 3.05) is 11.9 Å². The lowest BCUT2D eigenvalue weighted by atomic mass is 9.85. The van der Waals surface area contributed by atoms with Crippen LogP contribution in [0.5, 0.6) is 0 Å². The molecule has 16 heavy (non-hydrogen) atoms. The summed E-state index contributed by atoms with van der Waals surface area (Å²) in [6.07, 6.45) is 1.44. The summed E-state index contributed by atoms with van der Waals surface area (Å²) in [5.41, 5.74) is 10.2. The van der Waals surface area contributed by atoms with E-state index in [1.807, 2.05) is 0 Å². The first-order chi connectivity index (χ1) is 7.63. The molecule has 1 atom stereocenters. The third-order valence-electron chi connectivity index (χ3n) is 3.42. The highest BCUT2D eigenvalue weighted by Gasteiger charge is 2.25. The minimum absolute atomic E-state index is 0.111. The molecule has 0 spiro atoms. The van der Waals surface area contributed by atoms with Gasteiger partial charge in [-0.3, -0.25) is 4.79 Å². The van der Waals surface area contributed by atoms with E-state index in [-0.39, 0.29) is 11.8 Å². The number of nitrogens with one attached hydrogen (secondary N) is 1. The van der Waals surface area contributed by atoms with Crippen LogP contribution in [0.1, 0.15) is 35.4 Å². The van der Waals surface area contributed by atoms with Gasteiger partial charge in [-0.25, -0.2) is 0 Å². The largest absolute Gasteiger partial charge is 0.330 e. The van der Waals surface area contributed by atoms with Crippen LogP contribution in [0.2, 0.25) is 0 Å². The second-order valence-corrected chi connectivity index (χ2v) is 4.50. The number of hydrogen-bond acceptors (Lipinski definition) is 2. The van der Waals surface area contributed by atoms with Crippen molar-refractivity contribution >= 4 is 11.6 Å². The molecule has 3 heteroatoms. The summed E-state index contributed by atoms with van der Waals surface area (Å²) in [4.78, 5) is 11.6. The Morgan fingerprint density at radius 1 is 1.44 bits per heavy atom. The van der Waals surface area contributed by atoms with Crippen LogP contribution in [0.4, 0.5) is 5.69 Å². The van der Waals surface area contributed by atoms with Gasteiger partial charge in [-0.2, -0.15) is 0 Å². The normalized spacial score (nSPS) is 19.2. The molecule has 0 fully saturated rings. The number of benzene rings is 1. The Hall–Kier alpha value is -1.35. The SMILES string of the molecule is Cc1ccc2c(c1C)NC(=O)CC2CCN. The maximum Gasteiger partial charge on any atom is 0.225 e. The minimum atomic E-state index is 0.111. The van der Waals surface area contributed by atoms with E-state index in [0.717, 1.165) is 12.1 Å². The van der Waals surface area contributed by atoms with Gasteiger partial charge in [-0.05, 0) is 49.4 Å². The average molecular weight is 218 g/mol. The summed E-state index contributed by atoms with van der Waals surface area (Å²) in [6.45, 7) is 4.75. The molecule has 2 rings (SSSR count). The van der Waals surface area contributed by atoms with Crippen LogP contribution in [-0.2, 0) is 4.79 Å². The topological polar surface area (TPSA) is 55.1 Å². The van der Waals surface area contributed by atoms with Crippen molar-refractivity contribution in [1.29, 1.82) is 0 Å². The van der Waals surface area contributed by atoms with E-state index in [1.165, 1.54) is 16.7 Å². The first kappa shape index (κ1) is 11.1. The standard InChI is InChI=1S/C13H18N2O/c1-8-3-4-11-10(5-6-14)7-12(16)15-13(11)9(8)2/h3-4,10H,5-7,14H2,1-2H3,(H,15,16). The number of rotatable bonds is 2. The summed E-state index contributed by atoms with van der Waals surface area (Å²) in [7, 11) is 0. The van der Waals surface area contributed by atoms with Gasteiger partial charge in [0.1, 0.15) is 0 Å². The van der Waals surface area contributed by atoms with E-state index in [4.69, 9.17) is 5.73 Å². The van der Waals surface area contributed by atoms with Crippen molar-refractivity contribution in [3.63, 3.8) is 0 Å². The van der Waals surface area contributed by atoms with Crippen molar-refractivity contribution in [3.8, 4) is 0 Å². The van der Waals surface area contributed by atoms with Crippen LogP contribution < -0.4 is 11.1 Å². The summed E-state index contributed by atoms with van der Waals surface area (Å²) < 4.78 is 0. The molecule has 1 aromatic carbocycles. The minimum Gasteiger partial charge on any atom is -0.330 e. The van der Waals surface area contributed by atoms with Gasteiger partial charge in [0, 0.05) is 12.1 Å².